The number of rotatable bonds is 10. The zero-order valence-corrected chi connectivity index (χ0v) is 64.1. The molecule has 0 spiro atoms. The molecule has 0 N–H and O–H groups in total. The van der Waals surface area contributed by atoms with Crippen molar-refractivity contribution in [2.75, 3.05) is 9.80 Å². The number of anilines is 6. The smallest absolute Gasteiger partial charge is 0.252 e. The van der Waals surface area contributed by atoms with E-state index < -0.39 is 0 Å². The van der Waals surface area contributed by atoms with Gasteiger partial charge in [0.05, 0.1) is 28.1 Å². The van der Waals surface area contributed by atoms with Crippen LogP contribution in [0.1, 0.15) is 105 Å². The molecule has 0 atom stereocenters. The molecular formula is C104H90BN3. The van der Waals surface area contributed by atoms with Gasteiger partial charge in [-0.05, 0) is 187 Å². The first-order valence-corrected chi connectivity index (χ1v) is 38.5. The van der Waals surface area contributed by atoms with Crippen molar-refractivity contribution < 1.29 is 0 Å². The fraction of sp³-hybridized carbons (Fsp3) is 0.154. The van der Waals surface area contributed by atoms with Gasteiger partial charge in [0.25, 0.3) is 6.71 Å². The zero-order chi connectivity index (χ0) is 74.1. The minimum absolute atomic E-state index is 0.101. The van der Waals surface area contributed by atoms with Gasteiger partial charge in [0.1, 0.15) is 0 Å². The summed E-state index contributed by atoms with van der Waals surface area (Å²) < 4.78 is 2.64. The summed E-state index contributed by atoms with van der Waals surface area (Å²) in [4.78, 5) is 5.45. The van der Waals surface area contributed by atoms with E-state index in [2.05, 4.69) is 425 Å². The minimum Gasteiger partial charge on any atom is -0.310 e. The van der Waals surface area contributed by atoms with Crippen molar-refractivity contribution in [1.82, 2.24) is 4.57 Å². The lowest BCUT2D eigenvalue weighted by molar-refractivity contribution is 0.569. The molecule has 0 bridgehead atoms. The van der Waals surface area contributed by atoms with Gasteiger partial charge in [0.15, 0.2) is 0 Å². The summed E-state index contributed by atoms with van der Waals surface area (Å²) in [5.74, 6) is 0. The van der Waals surface area contributed by atoms with Crippen LogP contribution in [0.2, 0.25) is 0 Å². The van der Waals surface area contributed by atoms with Gasteiger partial charge in [-0.1, -0.05) is 350 Å². The number of fused-ring (bicyclic) bond motifs is 9. The van der Waals surface area contributed by atoms with Gasteiger partial charge in [0.2, 0.25) is 0 Å². The van der Waals surface area contributed by atoms with Gasteiger partial charge < -0.3 is 14.4 Å². The molecule has 3 nitrogen and oxygen atoms in total. The summed E-state index contributed by atoms with van der Waals surface area (Å²) in [7, 11) is 0. The lowest BCUT2D eigenvalue weighted by atomic mass is 9.33. The van der Waals surface area contributed by atoms with E-state index in [0.717, 1.165) is 95.4 Å². The molecule has 15 aromatic carbocycles. The van der Waals surface area contributed by atoms with Crippen molar-refractivity contribution >= 4 is 89.8 Å². The molecule has 2 aliphatic rings. The maximum absolute atomic E-state index is 2.73. The van der Waals surface area contributed by atoms with E-state index in [1.165, 1.54) is 93.6 Å². The van der Waals surface area contributed by atoms with E-state index in [9.17, 15) is 0 Å². The van der Waals surface area contributed by atoms with Gasteiger partial charge in [-0.15, -0.1) is 0 Å². The van der Waals surface area contributed by atoms with E-state index in [1.807, 2.05) is 0 Å². The number of hydrogen-bond donors (Lipinski definition) is 0. The van der Waals surface area contributed by atoms with Crippen molar-refractivity contribution in [3.8, 4) is 83.6 Å². The molecule has 3 heterocycles. The van der Waals surface area contributed by atoms with Crippen LogP contribution >= 0.6 is 0 Å². The average molecular weight is 1390 g/mol. The van der Waals surface area contributed by atoms with Crippen molar-refractivity contribution in [2.24, 2.45) is 0 Å². The number of nitrogens with zero attached hydrogens (tertiary/aromatic N) is 3. The van der Waals surface area contributed by atoms with E-state index in [1.54, 1.807) is 0 Å². The summed E-state index contributed by atoms with van der Waals surface area (Å²) in [5.41, 5.74) is 34.7. The first-order chi connectivity index (χ1) is 52.1. The van der Waals surface area contributed by atoms with Gasteiger partial charge in [-0.2, -0.15) is 0 Å². The molecule has 4 heteroatoms. The van der Waals surface area contributed by atoms with Crippen LogP contribution in [0.3, 0.4) is 0 Å². The van der Waals surface area contributed by atoms with Crippen molar-refractivity contribution in [3.63, 3.8) is 0 Å². The second-order valence-electron chi connectivity index (χ2n) is 34.1. The van der Waals surface area contributed by atoms with Crippen LogP contribution in [0.25, 0.3) is 116 Å². The second-order valence-corrected chi connectivity index (χ2v) is 34.1. The summed E-state index contributed by atoms with van der Waals surface area (Å²) in [5, 5.41) is 4.90. The molecule has 0 aliphatic carbocycles. The van der Waals surface area contributed by atoms with Gasteiger partial charge in [-0.3, -0.25) is 0 Å². The fourth-order valence-corrected chi connectivity index (χ4v) is 17.2. The second kappa shape index (κ2) is 25.9. The van der Waals surface area contributed by atoms with Gasteiger partial charge in [0, 0.05) is 55.8 Å². The lowest BCUT2D eigenvalue weighted by Crippen LogP contribution is -2.61. The highest BCUT2D eigenvalue weighted by molar-refractivity contribution is 7.00. The highest BCUT2D eigenvalue weighted by atomic mass is 15.2. The molecule has 108 heavy (non-hydrogen) atoms. The highest BCUT2D eigenvalue weighted by Crippen LogP contribution is 2.56. The van der Waals surface area contributed by atoms with Gasteiger partial charge in [-0.25, -0.2) is 0 Å². The molecule has 0 fully saturated rings. The molecule has 16 aromatic rings. The maximum atomic E-state index is 2.73. The Labute approximate surface area is 638 Å². The average Bonchev–Trinajstić information content (AvgIpc) is 0.878. The third-order valence-corrected chi connectivity index (χ3v) is 22.9. The van der Waals surface area contributed by atoms with Crippen LogP contribution in [0.4, 0.5) is 34.1 Å². The van der Waals surface area contributed by atoms with E-state index in [0.29, 0.717) is 0 Å². The third-order valence-electron chi connectivity index (χ3n) is 22.9. The predicted octanol–water partition coefficient (Wildman–Crippen LogP) is 26.9. The normalized spacial score (nSPS) is 12.9. The van der Waals surface area contributed by atoms with Crippen LogP contribution < -0.4 is 26.2 Å². The van der Waals surface area contributed by atoms with Gasteiger partial charge >= 0.3 is 0 Å². The molecule has 2 aliphatic heterocycles. The molecule has 0 saturated heterocycles. The number of para-hydroxylation sites is 1. The molecular weight excluding hydrogens is 1300 g/mol. The first-order valence-electron chi connectivity index (χ1n) is 38.5. The summed E-state index contributed by atoms with van der Waals surface area (Å²) in [6.07, 6.45) is 0. The van der Waals surface area contributed by atoms with E-state index >= 15 is 0 Å². The van der Waals surface area contributed by atoms with Crippen molar-refractivity contribution in [1.29, 1.82) is 0 Å². The van der Waals surface area contributed by atoms with E-state index in [-0.39, 0.29) is 28.4 Å². The Kier molecular flexibility index (Phi) is 16.3. The SMILES string of the molecule is CC(C)(C)c1cc(-c2cc3c(c4ccccc24)c2ccccc2n3-c2cc3c4c(c2)N(c2c(-c5ccccc5)cc(C(C)(C)C)cc2-c2ccccc2)c2ccc(-c5ccccc5)cc2B4c2cc(-c4ccccc4)ccc2N3c2c(-c3ccccc3)cc(C(C)(C)C)cc2-c2ccccc2)cc(C(C)(C)C)c1. The Morgan fingerprint density at radius 1 is 0.231 bits per heavy atom. The molecule has 524 valence electrons. The Balaban J connectivity index is 1.07. The highest BCUT2D eigenvalue weighted by Gasteiger charge is 2.46. The fourth-order valence-electron chi connectivity index (χ4n) is 17.2. The third kappa shape index (κ3) is 11.7. The Morgan fingerprint density at radius 2 is 0.565 bits per heavy atom. The summed E-state index contributed by atoms with van der Waals surface area (Å²) in [6, 6.07) is 125. The largest absolute Gasteiger partial charge is 0.310 e. The Morgan fingerprint density at radius 3 is 0.944 bits per heavy atom. The number of hydrogen-bond acceptors (Lipinski definition) is 2. The monoisotopic (exact) mass is 1390 g/mol. The van der Waals surface area contributed by atoms with Crippen LogP contribution in [-0.2, 0) is 21.7 Å². The summed E-state index contributed by atoms with van der Waals surface area (Å²) >= 11 is 0. The van der Waals surface area contributed by atoms with Crippen LogP contribution in [-0.4, -0.2) is 11.3 Å². The zero-order valence-electron chi connectivity index (χ0n) is 64.1. The molecule has 0 saturated carbocycles. The lowest BCUT2D eigenvalue weighted by Gasteiger charge is -2.46. The summed E-state index contributed by atoms with van der Waals surface area (Å²) in [6.45, 7) is 28.0. The molecule has 0 unspecified atom stereocenters. The van der Waals surface area contributed by atoms with Crippen LogP contribution in [0.5, 0.6) is 0 Å². The predicted molar refractivity (Wildman–Crippen MR) is 465 cm³/mol. The molecule has 1 aromatic heterocycles. The molecule has 18 rings (SSSR count). The van der Waals surface area contributed by atoms with Crippen LogP contribution in [0.15, 0.2) is 328 Å². The first kappa shape index (κ1) is 67.9. The molecule has 0 amide bonds. The Hall–Kier alpha value is -12.0. The quantitative estimate of drug-likeness (QED) is 0.126. The van der Waals surface area contributed by atoms with Crippen molar-refractivity contribution in [3.05, 3.63) is 350 Å². The van der Waals surface area contributed by atoms with Crippen LogP contribution in [0, 0.1) is 0 Å². The Bertz CT molecular complexity index is 5770. The maximum Gasteiger partial charge on any atom is 0.252 e. The van der Waals surface area contributed by atoms with E-state index in [4.69, 9.17) is 0 Å². The standard InChI is InChI=1S/C104H90BN3/c1-101(2,3)76-55-75(56-77(59-76)102(4,5)6)84-66-94-97(82-48-32-31-47-81(82)84)83-49-33-34-50-91(83)106(94)80-64-95-98-96(65-80)108(100-87(71-43-27-17-28-44-71)62-79(104(10,11)12)63-88(100)72-45-29-18-30-46-72)93-54-52-74(68-37-21-14-22-38-68)58-90(93)105(98)89-57-73(67-35-19-13-20-36-67)51-53-92(89)107(95)99-85(69-39-23-15-24-40-69)60-78(103(7,8)9)61-86(99)70-41-25-16-26-42-70/h13-66H,1-12H3. The van der Waals surface area contributed by atoms with Crippen molar-refractivity contribution in [2.45, 2.75) is 105 Å². The topological polar surface area (TPSA) is 11.4 Å². The minimum atomic E-state index is -0.280. The number of aromatic nitrogens is 1. The molecule has 0 radical (unpaired) electrons. The number of benzene rings is 15.